The Labute approximate surface area is 125 Å². The van der Waals surface area contributed by atoms with Crippen molar-refractivity contribution < 1.29 is 0 Å². The van der Waals surface area contributed by atoms with Crippen LogP contribution in [0.25, 0.3) is 16.9 Å². The van der Waals surface area contributed by atoms with E-state index in [-0.39, 0.29) is 5.56 Å². The Morgan fingerprint density at radius 3 is 3.05 bits per heavy atom. The fourth-order valence-corrected chi connectivity index (χ4v) is 2.40. The summed E-state index contributed by atoms with van der Waals surface area (Å²) < 4.78 is 3.21. The fraction of sp³-hybridized carbons (Fsp3) is 0.143. The minimum atomic E-state index is -0.164. The van der Waals surface area contributed by atoms with Crippen molar-refractivity contribution in [3.8, 4) is 5.82 Å². The van der Waals surface area contributed by atoms with Gasteiger partial charge in [0.2, 0.25) is 0 Å². The first kappa shape index (κ1) is 13.6. The number of rotatable bonds is 4. The van der Waals surface area contributed by atoms with E-state index in [0.29, 0.717) is 28.6 Å². The van der Waals surface area contributed by atoms with Crippen LogP contribution in [0, 0.1) is 6.20 Å². The van der Waals surface area contributed by atoms with Gasteiger partial charge in [-0.1, -0.05) is 23.9 Å². The van der Waals surface area contributed by atoms with Gasteiger partial charge in [0.05, 0.1) is 12.7 Å². The van der Waals surface area contributed by atoms with Gasteiger partial charge in [0.25, 0.3) is 5.56 Å². The molecule has 6 nitrogen and oxygen atoms in total. The molecule has 21 heavy (non-hydrogen) atoms. The molecule has 0 saturated heterocycles. The van der Waals surface area contributed by atoms with Crippen molar-refractivity contribution in [2.45, 2.75) is 11.7 Å². The molecule has 3 aromatic rings. The van der Waals surface area contributed by atoms with Gasteiger partial charge in [-0.05, 0) is 18.4 Å². The Bertz CT molecular complexity index is 853. The van der Waals surface area contributed by atoms with Gasteiger partial charge in [-0.2, -0.15) is 0 Å². The standard InChI is InChI=1S/C14H12N5OS/c1-3-8-18-13(20)10-9-16-14(21-2)17-12(10)19(18)11-6-4-5-7-15-11/h3-6,9H,1,8H2,2H3. The molecular formula is C14H12N5OS. The Morgan fingerprint density at radius 1 is 1.52 bits per heavy atom. The van der Waals surface area contributed by atoms with E-state index in [1.165, 1.54) is 16.4 Å². The predicted octanol–water partition coefficient (Wildman–Crippen LogP) is 1.69. The van der Waals surface area contributed by atoms with E-state index in [2.05, 4.69) is 27.7 Å². The van der Waals surface area contributed by atoms with Crippen LogP contribution in [-0.2, 0) is 6.54 Å². The smallest absolute Gasteiger partial charge is 0.267 e. The van der Waals surface area contributed by atoms with Crippen LogP contribution in [0.1, 0.15) is 0 Å². The van der Waals surface area contributed by atoms with Crippen molar-refractivity contribution >= 4 is 22.8 Å². The molecular weight excluding hydrogens is 286 g/mol. The quantitative estimate of drug-likeness (QED) is 0.416. The Kier molecular flexibility index (Phi) is 3.57. The van der Waals surface area contributed by atoms with Crippen molar-refractivity contribution in [1.82, 2.24) is 24.3 Å². The number of hydrogen-bond acceptors (Lipinski definition) is 5. The second-order valence-corrected chi connectivity index (χ2v) is 4.98. The Hall–Kier alpha value is -2.41. The van der Waals surface area contributed by atoms with E-state index in [0.717, 1.165) is 0 Å². The highest BCUT2D eigenvalue weighted by molar-refractivity contribution is 7.98. The lowest BCUT2D eigenvalue weighted by molar-refractivity contribution is 0.596. The van der Waals surface area contributed by atoms with E-state index in [9.17, 15) is 4.79 Å². The highest BCUT2D eigenvalue weighted by Crippen LogP contribution is 2.16. The molecule has 1 radical (unpaired) electrons. The van der Waals surface area contributed by atoms with Crippen molar-refractivity contribution in [3.05, 3.63) is 53.6 Å². The van der Waals surface area contributed by atoms with Crippen LogP contribution in [0.15, 0.2) is 47.0 Å². The minimum Gasteiger partial charge on any atom is -0.267 e. The van der Waals surface area contributed by atoms with E-state index < -0.39 is 0 Å². The Balaban J connectivity index is 2.40. The molecule has 0 aliphatic carbocycles. The molecule has 0 aromatic carbocycles. The SMILES string of the molecule is C=CCn1c(=O)c2cnc(SC)nc2n1-c1ccc[c]n1. The van der Waals surface area contributed by atoms with Crippen LogP contribution in [0.2, 0.25) is 0 Å². The first-order valence-corrected chi connectivity index (χ1v) is 7.45. The fourth-order valence-electron chi connectivity index (χ4n) is 2.07. The molecule has 0 fully saturated rings. The highest BCUT2D eigenvalue weighted by Gasteiger charge is 2.16. The maximum Gasteiger partial charge on any atom is 0.278 e. The van der Waals surface area contributed by atoms with Crippen molar-refractivity contribution in [2.24, 2.45) is 0 Å². The number of pyridine rings is 1. The predicted molar refractivity (Wildman–Crippen MR) is 81.7 cm³/mol. The summed E-state index contributed by atoms with van der Waals surface area (Å²) in [5.41, 5.74) is 0.372. The van der Waals surface area contributed by atoms with Crippen LogP contribution in [0.4, 0.5) is 0 Å². The maximum atomic E-state index is 12.5. The van der Waals surface area contributed by atoms with Crippen LogP contribution in [0.5, 0.6) is 0 Å². The van der Waals surface area contributed by atoms with Gasteiger partial charge in [0, 0.05) is 6.20 Å². The van der Waals surface area contributed by atoms with Gasteiger partial charge in [-0.15, -0.1) is 6.58 Å². The van der Waals surface area contributed by atoms with E-state index in [4.69, 9.17) is 0 Å². The number of nitrogens with zero attached hydrogens (tertiary/aromatic N) is 5. The molecule has 7 heteroatoms. The summed E-state index contributed by atoms with van der Waals surface area (Å²) in [5, 5.41) is 1.06. The van der Waals surface area contributed by atoms with E-state index in [1.807, 2.05) is 12.3 Å². The summed E-state index contributed by atoms with van der Waals surface area (Å²) in [5.74, 6) is 0.581. The molecule has 0 spiro atoms. The molecule has 0 saturated carbocycles. The van der Waals surface area contributed by atoms with Crippen LogP contribution in [0.3, 0.4) is 0 Å². The van der Waals surface area contributed by atoms with Crippen molar-refractivity contribution in [2.75, 3.05) is 6.26 Å². The van der Waals surface area contributed by atoms with Crippen molar-refractivity contribution in [3.63, 3.8) is 0 Å². The average Bonchev–Trinajstić information content (AvgIpc) is 2.81. The monoisotopic (exact) mass is 298 g/mol. The van der Waals surface area contributed by atoms with Gasteiger partial charge < -0.3 is 0 Å². The largest absolute Gasteiger partial charge is 0.278 e. The van der Waals surface area contributed by atoms with Gasteiger partial charge in [-0.25, -0.2) is 24.3 Å². The van der Waals surface area contributed by atoms with Crippen LogP contribution >= 0.6 is 11.8 Å². The molecule has 0 aliphatic heterocycles. The normalized spacial score (nSPS) is 10.9. The zero-order chi connectivity index (χ0) is 14.8. The summed E-state index contributed by atoms with van der Waals surface area (Å²) in [6.45, 7) is 4.06. The number of allylic oxidation sites excluding steroid dienone is 1. The summed E-state index contributed by atoms with van der Waals surface area (Å²) in [4.78, 5) is 25.3. The molecule has 0 aliphatic rings. The first-order valence-electron chi connectivity index (χ1n) is 6.23. The summed E-state index contributed by atoms with van der Waals surface area (Å²) >= 11 is 1.42. The third-order valence-corrected chi connectivity index (χ3v) is 3.51. The first-order chi connectivity index (χ1) is 10.3. The lowest BCUT2D eigenvalue weighted by Gasteiger charge is -2.09. The van der Waals surface area contributed by atoms with Crippen LogP contribution < -0.4 is 5.56 Å². The second-order valence-electron chi connectivity index (χ2n) is 4.21. The zero-order valence-corrected chi connectivity index (χ0v) is 12.2. The van der Waals surface area contributed by atoms with Gasteiger partial charge in [-0.3, -0.25) is 4.79 Å². The zero-order valence-electron chi connectivity index (χ0n) is 11.4. The average molecular weight is 298 g/mol. The summed E-state index contributed by atoms with van der Waals surface area (Å²) in [7, 11) is 0. The van der Waals surface area contributed by atoms with Gasteiger partial charge in [0.15, 0.2) is 16.6 Å². The molecule has 105 valence electrons. The summed E-state index contributed by atoms with van der Waals surface area (Å²) in [6.07, 6.45) is 7.87. The number of fused-ring (bicyclic) bond motifs is 1. The lowest BCUT2D eigenvalue weighted by atomic mass is 10.4. The maximum absolute atomic E-state index is 12.5. The molecule has 0 amide bonds. The number of thioether (sulfide) groups is 1. The van der Waals surface area contributed by atoms with Crippen molar-refractivity contribution in [1.29, 1.82) is 0 Å². The molecule has 0 atom stereocenters. The summed E-state index contributed by atoms with van der Waals surface area (Å²) in [6, 6.07) is 5.32. The third kappa shape index (κ3) is 2.25. The van der Waals surface area contributed by atoms with Gasteiger partial charge >= 0.3 is 0 Å². The molecule has 0 unspecified atom stereocenters. The molecule has 3 heterocycles. The van der Waals surface area contributed by atoms with E-state index in [1.54, 1.807) is 29.1 Å². The molecule has 0 N–H and O–H groups in total. The number of aromatic nitrogens is 5. The minimum absolute atomic E-state index is 0.164. The Morgan fingerprint density at radius 2 is 2.38 bits per heavy atom. The van der Waals surface area contributed by atoms with Crippen LogP contribution in [-0.4, -0.2) is 30.6 Å². The molecule has 3 rings (SSSR count). The number of hydrogen-bond donors (Lipinski definition) is 0. The lowest BCUT2D eigenvalue weighted by Crippen LogP contribution is -2.22. The third-order valence-electron chi connectivity index (χ3n) is 2.95. The molecule has 3 aromatic heterocycles. The van der Waals surface area contributed by atoms with Gasteiger partial charge in [0.1, 0.15) is 5.39 Å². The topological polar surface area (TPSA) is 65.6 Å². The second kappa shape index (κ2) is 5.53. The molecule has 0 bridgehead atoms. The van der Waals surface area contributed by atoms with E-state index >= 15 is 0 Å². The highest BCUT2D eigenvalue weighted by atomic mass is 32.2.